The molecule has 3 aromatic rings. The highest BCUT2D eigenvalue weighted by molar-refractivity contribution is 5.94. The fraction of sp³-hybridized carbons (Fsp3) is 0.333. The smallest absolute Gasteiger partial charge is 0.330 e. The van der Waals surface area contributed by atoms with Gasteiger partial charge in [0.25, 0.3) is 5.91 Å². The first-order valence-corrected chi connectivity index (χ1v) is 9.48. The number of likely N-dealkylation sites (N-methyl/N-ethyl adjacent to an activating group) is 1. The van der Waals surface area contributed by atoms with Crippen LogP contribution in [-0.2, 0) is 0 Å². The van der Waals surface area contributed by atoms with Crippen LogP contribution in [0.3, 0.4) is 0 Å². The van der Waals surface area contributed by atoms with Crippen LogP contribution in [-0.4, -0.2) is 40.0 Å². The normalized spacial score (nSPS) is 12.3. The summed E-state index contributed by atoms with van der Waals surface area (Å²) < 4.78 is 7.13. The Bertz CT molecular complexity index is 950. The quantitative estimate of drug-likeness (QED) is 0.628. The molecule has 1 amide bonds. The van der Waals surface area contributed by atoms with E-state index in [0.717, 1.165) is 30.2 Å². The maximum atomic E-state index is 12.6. The third kappa shape index (κ3) is 4.09. The number of aryl methyl sites for hydroxylation is 1. The maximum Gasteiger partial charge on any atom is 0.330 e. The minimum absolute atomic E-state index is 0.0192. The van der Waals surface area contributed by atoms with Crippen molar-refractivity contribution in [3.05, 3.63) is 76.4 Å². The number of nitrogens with one attached hydrogen (secondary N) is 2. The number of amides is 1. The fourth-order valence-corrected chi connectivity index (χ4v) is 3.38. The molecule has 1 aromatic carbocycles. The van der Waals surface area contributed by atoms with Gasteiger partial charge >= 0.3 is 5.69 Å². The summed E-state index contributed by atoms with van der Waals surface area (Å²) in [6.45, 7) is 8.19. The lowest BCUT2D eigenvalue weighted by Gasteiger charge is -2.28. The summed E-state index contributed by atoms with van der Waals surface area (Å²) in [4.78, 5) is 29.4. The van der Waals surface area contributed by atoms with Crippen molar-refractivity contribution in [3.8, 4) is 5.69 Å². The molecule has 3 rings (SSSR count). The van der Waals surface area contributed by atoms with Crippen LogP contribution < -0.4 is 11.0 Å². The van der Waals surface area contributed by atoms with Gasteiger partial charge in [0, 0.05) is 24.0 Å². The summed E-state index contributed by atoms with van der Waals surface area (Å²) in [5, 5.41) is 3.00. The van der Waals surface area contributed by atoms with Crippen molar-refractivity contribution < 1.29 is 9.21 Å². The molecule has 0 saturated carbocycles. The summed E-state index contributed by atoms with van der Waals surface area (Å²) in [6.07, 6.45) is 3.31. The molecule has 0 aliphatic heterocycles. The Kier molecular flexibility index (Phi) is 6.16. The first-order valence-electron chi connectivity index (χ1n) is 9.48. The predicted octanol–water partition coefficient (Wildman–Crippen LogP) is 2.88. The van der Waals surface area contributed by atoms with E-state index in [-0.39, 0.29) is 17.6 Å². The molecule has 0 spiro atoms. The Morgan fingerprint density at radius 2 is 1.93 bits per heavy atom. The number of benzene rings is 1. The van der Waals surface area contributed by atoms with Crippen LogP contribution in [0.5, 0.6) is 0 Å². The number of carbonyl (C=O) groups excluding carboxylic acids is 1. The molecule has 2 aromatic heterocycles. The summed E-state index contributed by atoms with van der Waals surface area (Å²) in [7, 11) is 0. The number of furan rings is 1. The van der Waals surface area contributed by atoms with Gasteiger partial charge in [-0.25, -0.2) is 4.79 Å². The molecule has 0 bridgehead atoms. The van der Waals surface area contributed by atoms with Gasteiger partial charge in [0.2, 0.25) is 0 Å². The zero-order chi connectivity index (χ0) is 20.1. The van der Waals surface area contributed by atoms with E-state index >= 15 is 0 Å². The first kappa shape index (κ1) is 19.7. The maximum absolute atomic E-state index is 12.6. The van der Waals surface area contributed by atoms with Crippen molar-refractivity contribution in [2.24, 2.45) is 0 Å². The van der Waals surface area contributed by atoms with E-state index in [0.29, 0.717) is 12.1 Å². The molecule has 2 heterocycles. The number of rotatable bonds is 8. The molecule has 28 heavy (non-hydrogen) atoms. The van der Waals surface area contributed by atoms with Crippen LogP contribution in [0.1, 0.15) is 41.7 Å². The molecule has 0 radical (unpaired) electrons. The van der Waals surface area contributed by atoms with Crippen molar-refractivity contribution in [1.82, 2.24) is 19.8 Å². The molecule has 0 fully saturated rings. The van der Waals surface area contributed by atoms with Crippen LogP contribution in [0.15, 0.2) is 58.1 Å². The SMILES string of the molecule is CCN(CC)C(CNC(=O)c1ccc(-n2c(C)c[nH]c2=O)cc1)c1ccco1. The van der Waals surface area contributed by atoms with Gasteiger partial charge in [-0.15, -0.1) is 0 Å². The molecule has 2 N–H and O–H groups in total. The second-order valence-corrected chi connectivity index (χ2v) is 6.58. The largest absolute Gasteiger partial charge is 0.468 e. The van der Waals surface area contributed by atoms with E-state index in [4.69, 9.17) is 4.42 Å². The van der Waals surface area contributed by atoms with Crippen LogP contribution >= 0.6 is 0 Å². The van der Waals surface area contributed by atoms with Gasteiger partial charge in [-0.05, 0) is 56.4 Å². The highest BCUT2D eigenvalue weighted by atomic mass is 16.3. The molecule has 7 nitrogen and oxygen atoms in total. The van der Waals surface area contributed by atoms with Gasteiger partial charge in [-0.1, -0.05) is 13.8 Å². The van der Waals surface area contributed by atoms with Gasteiger partial charge < -0.3 is 14.7 Å². The minimum atomic E-state index is -0.199. The Labute approximate surface area is 164 Å². The van der Waals surface area contributed by atoms with E-state index in [2.05, 4.69) is 29.0 Å². The molecule has 1 unspecified atom stereocenters. The molecule has 0 saturated heterocycles. The van der Waals surface area contributed by atoms with Crippen molar-refractivity contribution in [2.45, 2.75) is 26.8 Å². The topological polar surface area (TPSA) is 83.3 Å². The monoisotopic (exact) mass is 382 g/mol. The molecule has 7 heteroatoms. The Morgan fingerprint density at radius 1 is 1.21 bits per heavy atom. The average Bonchev–Trinajstić information content (AvgIpc) is 3.35. The van der Waals surface area contributed by atoms with Crippen molar-refractivity contribution in [3.63, 3.8) is 0 Å². The van der Waals surface area contributed by atoms with E-state index in [1.807, 2.05) is 19.1 Å². The fourth-order valence-electron chi connectivity index (χ4n) is 3.38. The second kappa shape index (κ2) is 8.75. The third-order valence-corrected chi connectivity index (χ3v) is 4.93. The standard InChI is InChI=1S/C21H26N4O3/c1-4-24(5-2)18(19-7-6-12-28-19)14-22-20(26)16-8-10-17(11-9-16)25-15(3)13-23-21(25)27/h6-13,18H,4-5,14H2,1-3H3,(H,22,26)(H,23,27). The van der Waals surface area contributed by atoms with Gasteiger partial charge in [-0.2, -0.15) is 0 Å². The summed E-state index contributed by atoms with van der Waals surface area (Å²) in [6, 6.07) is 10.8. The number of carbonyl (C=O) groups is 1. The van der Waals surface area contributed by atoms with E-state index in [9.17, 15) is 9.59 Å². The number of aromatic nitrogens is 2. The molecule has 1 atom stereocenters. The Morgan fingerprint density at radius 3 is 2.46 bits per heavy atom. The van der Waals surface area contributed by atoms with E-state index in [1.165, 1.54) is 0 Å². The van der Waals surface area contributed by atoms with Crippen LogP contribution in [0.25, 0.3) is 5.69 Å². The highest BCUT2D eigenvalue weighted by Gasteiger charge is 2.21. The molecular formula is C21H26N4O3. The van der Waals surface area contributed by atoms with Crippen LogP contribution in [0.4, 0.5) is 0 Å². The second-order valence-electron chi connectivity index (χ2n) is 6.58. The van der Waals surface area contributed by atoms with Gasteiger partial charge in [0.1, 0.15) is 5.76 Å². The Hall–Kier alpha value is -3.06. The zero-order valence-corrected chi connectivity index (χ0v) is 16.4. The van der Waals surface area contributed by atoms with Crippen LogP contribution in [0.2, 0.25) is 0 Å². The summed E-state index contributed by atoms with van der Waals surface area (Å²) in [5.41, 5.74) is 1.87. The Balaban J connectivity index is 1.71. The van der Waals surface area contributed by atoms with Crippen molar-refractivity contribution in [1.29, 1.82) is 0 Å². The number of aromatic amines is 1. The first-order chi connectivity index (χ1) is 13.5. The van der Waals surface area contributed by atoms with Crippen molar-refractivity contribution >= 4 is 5.91 Å². The lowest BCUT2D eigenvalue weighted by molar-refractivity contribution is 0.0929. The minimum Gasteiger partial charge on any atom is -0.468 e. The number of hydrogen-bond donors (Lipinski definition) is 2. The van der Waals surface area contributed by atoms with Crippen LogP contribution in [0, 0.1) is 6.92 Å². The van der Waals surface area contributed by atoms with E-state index < -0.39 is 0 Å². The van der Waals surface area contributed by atoms with Crippen molar-refractivity contribution in [2.75, 3.05) is 19.6 Å². The number of imidazole rings is 1. The zero-order valence-electron chi connectivity index (χ0n) is 16.4. The third-order valence-electron chi connectivity index (χ3n) is 4.93. The lowest BCUT2D eigenvalue weighted by atomic mass is 10.1. The van der Waals surface area contributed by atoms with Gasteiger partial charge in [0.15, 0.2) is 0 Å². The number of hydrogen-bond acceptors (Lipinski definition) is 4. The molecule has 0 aliphatic carbocycles. The number of H-pyrrole nitrogens is 1. The van der Waals surface area contributed by atoms with Gasteiger partial charge in [0.05, 0.1) is 18.0 Å². The number of nitrogens with zero attached hydrogens (tertiary/aromatic N) is 2. The predicted molar refractivity (Wildman–Crippen MR) is 108 cm³/mol. The van der Waals surface area contributed by atoms with Gasteiger partial charge in [-0.3, -0.25) is 14.3 Å². The molecular weight excluding hydrogens is 356 g/mol. The highest BCUT2D eigenvalue weighted by Crippen LogP contribution is 2.20. The summed E-state index contributed by atoms with van der Waals surface area (Å²) in [5.74, 6) is 0.676. The summed E-state index contributed by atoms with van der Waals surface area (Å²) >= 11 is 0. The lowest BCUT2D eigenvalue weighted by Crippen LogP contribution is -2.37. The molecule has 0 aliphatic rings. The van der Waals surface area contributed by atoms with E-state index in [1.54, 1.807) is 41.3 Å². The molecule has 148 valence electrons. The average molecular weight is 382 g/mol.